The molecule has 1 aliphatic heterocycles. The van der Waals surface area contributed by atoms with Gasteiger partial charge in [-0.3, -0.25) is 4.79 Å². The summed E-state index contributed by atoms with van der Waals surface area (Å²) in [6.07, 6.45) is 4.12. The van der Waals surface area contributed by atoms with Crippen LogP contribution in [-0.4, -0.2) is 58.2 Å². The van der Waals surface area contributed by atoms with Crippen LogP contribution in [0.1, 0.15) is 38.4 Å². The maximum absolute atomic E-state index is 12.1. The highest BCUT2D eigenvalue weighted by atomic mass is 32.2. The van der Waals surface area contributed by atoms with Gasteiger partial charge in [0.25, 0.3) is 0 Å². The Labute approximate surface area is 136 Å². The number of tetrazole rings is 1. The molecule has 0 atom stereocenters. The largest absolute Gasteiger partial charge is 0.457 e. The highest BCUT2D eigenvalue weighted by Crippen LogP contribution is 2.20. The van der Waals surface area contributed by atoms with Gasteiger partial charge in [-0.1, -0.05) is 13.3 Å². The maximum Gasteiger partial charge on any atom is 0.309 e. The summed E-state index contributed by atoms with van der Waals surface area (Å²) in [5.41, 5.74) is 0. The molecule has 0 unspecified atom stereocenters. The zero-order valence-corrected chi connectivity index (χ0v) is 14.3. The van der Waals surface area contributed by atoms with Gasteiger partial charge in [-0.15, -0.1) is 5.10 Å². The third-order valence-corrected chi connectivity index (χ3v) is 5.23. The van der Waals surface area contributed by atoms with E-state index >= 15 is 0 Å². The maximum atomic E-state index is 12.1. The van der Waals surface area contributed by atoms with E-state index in [9.17, 15) is 13.2 Å². The third-order valence-electron chi connectivity index (χ3n) is 3.93. The minimum Gasteiger partial charge on any atom is -0.457 e. The number of carbonyl (C=O) groups is 1. The summed E-state index contributed by atoms with van der Waals surface area (Å²) < 4.78 is 31.2. The molecule has 0 bridgehead atoms. The lowest BCUT2D eigenvalue weighted by Crippen LogP contribution is -2.40. The van der Waals surface area contributed by atoms with E-state index in [1.807, 2.05) is 0 Å². The van der Waals surface area contributed by atoms with Crippen LogP contribution < -0.4 is 0 Å². The minimum atomic E-state index is -3.19. The van der Waals surface area contributed by atoms with Gasteiger partial charge in [-0.2, -0.15) is 0 Å². The van der Waals surface area contributed by atoms with Crippen molar-refractivity contribution in [2.45, 2.75) is 45.8 Å². The lowest BCUT2D eigenvalue weighted by molar-refractivity contribution is -0.151. The van der Waals surface area contributed by atoms with Gasteiger partial charge in [0.05, 0.1) is 12.2 Å². The van der Waals surface area contributed by atoms with Crippen molar-refractivity contribution in [3.63, 3.8) is 0 Å². The molecule has 0 aliphatic carbocycles. The Morgan fingerprint density at radius 3 is 2.65 bits per heavy atom. The fraction of sp³-hybridized carbons (Fsp3) is 0.846. The van der Waals surface area contributed by atoms with Crippen molar-refractivity contribution in [2.24, 2.45) is 5.92 Å². The number of carbonyl (C=O) groups excluding carboxylic acids is 1. The van der Waals surface area contributed by atoms with Crippen LogP contribution >= 0.6 is 0 Å². The van der Waals surface area contributed by atoms with Crippen molar-refractivity contribution in [3.8, 4) is 0 Å². The second kappa shape index (κ2) is 7.82. The van der Waals surface area contributed by atoms with Gasteiger partial charge in [0.15, 0.2) is 12.4 Å². The molecule has 1 aliphatic rings. The van der Waals surface area contributed by atoms with Crippen molar-refractivity contribution in [2.75, 3.05) is 19.3 Å². The number of esters is 1. The van der Waals surface area contributed by atoms with Gasteiger partial charge in [-0.05, 0) is 29.7 Å². The van der Waals surface area contributed by atoms with E-state index < -0.39 is 10.0 Å². The molecule has 0 saturated carbocycles. The van der Waals surface area contributed by atoms with Crippen molar-refractivity contribution >= 4 is 16.0 Å². The summed E-state index contributed by atoms with van der Waals surface area (Å²) in [6.45, 7) is 3.53. The molecule has 9 nitrogen and oxygen atoms in total. The van der Waals surface area contributed by atoms with Gasteiger partial charge in [-0.25, -0.2) is 17.4 Å². The molecule has 1 saturated heterocycles. The normalized spacial score (nSPS) is 17.3. The van der Waals surface area contributed by atoms with Crippen LogP contribution in [0.4, 0.5) is 0 Å². The molecule has 2 rings (SSSR count). The number of ether oxygens (including phenoxy) is 1. The number of sulfonamides is 1. The summed E-state index contributed by atoms with van der Waals surface area (Å²) in [6, 6.07) is 0. The molecule has 1 fully saturated rings. The molecular weight excluding hydrogens is 322 g/mol. The topological polar surface area (TPSA) is 107 Å². The molecule has 10 heteroatoms. The van der Waals surface area contributed by atoms with Crippen LogP contribution in [0, 0.1) is 5.92 Å². The Kier molecular flexibility index (Phi) is 6.05. The molecule has 0 N–H and O–H groups in total. The molecule has 0 aromatic carbocycles. The molecule has 0 spiro atoms. The summed E-state index contributed by atoms with van der Waals surface area (Å²) in [5, 5.41) is 11.3. The monoisotopic (exact) mass is 345 g/mol. The Bertz CT molecular complexity index is 622. The Morgan fingerprint density at radius 2 is 2.04 bits per heavy atom. The summed E-state index contributed by atoms with van der Waals surface area (Å²) in [4.78, 5) is 12.1. The number of hydrogen-bond donors (Lipinski definition) is 0. The lowest BCUT2D eigenvalue weighted by atomic mass is 9.98. The van der Waals surface area contributed by atoms with E-state index in [2.05, 4.69) is 22.4 Å². The molecule has 0 amide bonds. The Balaban J connectivity index is 1.81. The first-order valence-corrected chi connectivity index (χ1v) is 9.63. The molecule has 130 valence electrons. The number of hydrogen-bond acceptors (Lipinski definition) is 7. The van der Waals surface area contributed by atoms with Crippen LogP contribution in [0.5, 0.6) is 0 Å². The van der Waals surface area contributed by atoms with E-state index in [0.717, 1.165) is 12.8 Å². The predicted octanol–water partition coefficient (Wildman–Crippen LogP) is 0.188. The molecule has 0 radical (unpaired) electrons. The number of nitrogens with zero attached hydrogens (tertiary/aromatic N) is 5. The number of aryl methyl sites for hydroxylation is 1. The number of rotatable bonds is 7. The van der Waals surface area contributed by atoms with E-state index in [-0.39, 0.29) is 18.5 Å². The fourth-order valence-corrected chi connectivity index (χ4v) is 3.36. The standard InChI is InChI=1S/C13H23N5O4S/c1-3-4-7-18-12(14-15-16-18)10-22-13(19)11-5-8-17(9-6-11)23(2,20)21/h11H,3-10H2,1-2H3. The molecular formula is C13H23N5O4S. The minimum absolute atomic E-state index is 0.0435. The summed E-state index contributed by atoms with van der Waals surface area (Å²) in [5.74, 6) is -0.0588. The smallest absolute Gasteiger partial charge is 0.309 e. The number of piperidine rings is 1. The van der Waals surface area contributed by atoms with Crippen molar-refractivity contribution in [1.82, 2.24) is 24.5 Å². The first-order chi connectivity index (χ1) is 10.9. The second-order valence-corrected chi connectivity index (χ2v) is 7.70. The predicted molar refractivity (Wildman–Crippen MR) is 81.7 cm³/mol. The first-order valence-electron chi connectivity index (χ1n) is 7.78. The Morgan fingerprint density at radius 1 is 1.35 bits per heavy atom. The lowest BCUT2D eigenvalue weighted by Gasteiger charge is -2.28. The third kappa shape index (κ3) is 4.96. The molecule has 1 aromatic heterocycles. The number of unbranched alkanes of at least 4 members (excludes halogenated alkanes) is 1. The SMILES string of the molecule is CCCCn1nnnc1COC(=O)C1CCN(S(C)(=O)=O)CC1. The van der Waals surface area contributed by atoms with Crippen LogP contribution in [-0.2, 0) is 32.7 Å². The molecule has 1 aromatic rings. The highest BCUT2D eigenvalue weighted by Gasteiger charge is 2.30. The first kappa shape index (κ1) is 17.8. The van der Waals surface area contributed by atoms with E-state index in [0.29, 0.717) is 38.3 Å². The second-order valence-electron chi connectivity index (χ2n) is 5.72. The molecule has 2 heterocycles. The zero-order valence-electron chi connectivity index (χ0n) is 13.5. The van der Waals surface area contributed by atoms with Crippen LogP contribution in [0.3, 0.4) is 0 Å². The van der Waals surface area contributed by atoms with Crippen molar-refractivity contribution in [3.05, 3.63) is 5.82 Å². The van der Waals surface area contributed by atoms with E-state index in [1.54, 1.807) is 4.68 Å². The van der Waals surface area contributed by atoms with Gasteiger partial charge in [0, 0.05) is 19.6 Å². The zero-order chi connectivity index (χ0) is 16.9. The number of aromatic nitrogens is 4. The van der Waals surface area contributed by atoms with Crippen LogP contribution in [0.15, 0.2) is 0 Å². The van der Waals surface area contributed by atoms with Crippen molar-refractivity contribution < 1.29 is 17.9 Å². The average molecular weight is 345 g/mol. The van der Waals surface area contributed by atoms with Gasteiger partial charge in [0.2, 0.25) is 10.0 Å². The molecule has 23 heavy (non-hydrogen) atoms. The highest BCUT2D eigenvalue weighted by molar-refractivity contribution is 7.88. The van der Waals surface area contributed by atoms with E-state index in [1.165, 1.54) is 10.6 Å². The summed E-state index contributed by atoms with van der Waals surface area (Å²) in [7, 11) is -3.19. The van der Waals surface area contributed by atoms with E-state index in [4.69, 9.17) is 4.74 Å². The van der Waals surface area contributed by atoms with Gasteiger partial charge in [0.1, 0.15) is 0 Å². The van der Waals surface area contributed by atoms with Crippen molar-refractivity contribution in [1.29, 1.82) is 0 Å². The summed E-state index contributed by atoms with van der Waals surface area (Å²) >= 11 is 0. The van der Waals surface area contributed by atoms with Crippen LogP contribution in [0.2, 0.25) is 0 Å². The quantitative estimate of drug-likeness (QED) is 0.649. The van der Waals surface area contributed by atoms with Gasteiger partial charge < -0.3 is 4.74 Å². The average Bonchev–Trinajstić information content (AvgIpc) is 2.97. The Hall–Kier alpha value is -1.55. The van der Waals surface area contributed by atoms with Crippen LogP contribution in [0.25, 0.3) is 0 Å². The van der Waals surface area contributed by atoms with Gasteiger partial charge >= 0.3 is 5.97 Å². The fourth-order valence-electron chi connectivity index (χ4n) is 2.48.